The van der Waals surface area contributed by atoms with Gasteiger partial charge in [0.1, 0.15) is 0 Å². The van der Waals surface area contributed by atoms with Gasteiger partial charge in [0, 0.05) is 25.5 Å². The Labute approximate surface area is 132 Å². The highest BCUT2D eigenvalue weighted by Gasteiger charge is 2.28. The van der Waals surface area contributed by atoms with Crippen LogP contribution in [0.25, 0.3) is 10.7 Å². The predicted octanol–water partition coefficient (Wildman–Crippen LogP) is 3.18. The summed E-state index contributed by atoms with van der Waals surface area (Å²) in [5.41, 5.74) is 1.24. The molecule has 6 heteroatoms. The summed E-state index contributed by atoms with van der Waals surface area (Å²) in [5, 5.41) is 6.13. The van der Waals surface area contributed by atoms with Crippen molar-refractivity contribution in [3.05, 3.63) is 53.5 Å². The highest BCUT2D eigenvalue weighted by molar-refractivity contribution is 7.13. The Morgan fingerprint density at radius 2 is 2.32 bits per heavy atom. The second-order valence-electron chi connectivity index (χ2n) is 5.52. The highest BCUT2D eigenvalue weighted by atomic mass is 32.1. The van der Waals surface area contributed by atoms with Gasteiger partial charge in [0.05, 0.1) is 10.8 Å². The first-order valence-electron chi connectivity index (χ1n) is 7.37. The van der Waals surface area contributed by atoms with Crippen molar-refractivity contribution in [1.29, 1.82) is 0 Å². The molecule has 0 saturated carbocycles. The molecule has 22 heavy (non-hydrogen) atoms. The topological polar surface area (TPSA) is 55.1 Å². The fourth-order valence-electron chi connectivity index (χ4n) is 2.83. The zero-order chi connectivity index (χ0) is 14.8. The van der Waals surface area contributed by atoms with E-state index in [4.69, 9.17) is 4.52 Å². The number of hydrogen-bond acceptors (Lipinski definition) is 6. The molecule has 0 N–H and O–H groups in total. The molecule has 4 rings (SSSR count). The van der Waals surface area contributed by atoms with E-state index in [0.29, 0.717) is 11.7 Å². The van der Waals surface area contributed by atoms with Gasteiger partial charge in [-0.15, -0.1) is 11.3 Å². The van der Waals surface area contributed by atoms with Crippen LogP contribution in [0.1, 0.15) is 23.8 Å². The molecular weight excluding hydrogens is 296 g/mol. The molecule has 5 nitrogen and oxygen atoms in total. The summed E-state index contributed by atoms with van der Waals surface area (Å²) in [5.74, 6) is 1.80. The molecule has 0 unspecified atom stereocenters. The Morgan fingerprint density at radius 3 is 3.14 bits per heavy atom. The fourth-order valence-corrected chi connectivity index (χ4v) is 3.48. The maximum atomic E-state index is 5.48. The van der Waals surface area contributed by atoms with Gasteiger partial charge in [0.15, 0.2) is 0 Å². The molecule has 3 aromatic rings. The standard InChI is InChI=1S/C16H16N4OS/c1-3-12(9-17-6-1)10-20-7-5-13(11-20)16-18-15(19-21-16)14-4-2-8-22-14/h1-4,6,8-9,13H,5,7,10-11H2/t13-/m1/s1. The predicted molar refractivity (Wildman–Crippen MR) is 84.5 cm³/mol. The van der Waals surface area contributed by atoms with Crippen LogP contribution in [0.5, 0.6) is 0 Å². The number of aromatic nitrogens is 3. The van der Waals surface area contributed by atoms with E-state index >= 15 is 0 Å². The third kappa shape index (κ3) is 2.80. The van der Waals surface area contributed by atoms with Crippen LogP contribution < -0.4 is 0 Å². The summed E-state index contributed by atoms with van der Waals surface area (Å²) in [4.78, 5) is 12.2. The van der Waals surface area contributed by atoms with E-state index in [1.165, 1.54) is 5.56 Å². The van der Waals surface area contributed by atoms with Gasteiger partial charge in [0.2, 0.25) is 11.7 Å². The SMILES string of the molecule is c1cncc(CN2CC[C@@H](c3nc(-c4cccs4)no3)C2)c1. The van der Waals surface area contributed by atoms with Crippen LogP contribution in [0.3, 0.4) is 0 Å². The minimum absolute atomic E-state index is 0.331. The fraction of sp³-hybridized carbons (Fsp3) is 0.312. The van der Waals surface area contributed by atoms with Gasteiger partial charge in [-0.1, -0.05) is 17.3 Å². The van der Waals surface area contributed by atoms with Gasteiger partial charge < -0.3 is 4.52 Å². The van der Waals surface area contributed by atoms with Gasteiger partial charge in [-0.05, 0) is 36.0 Å². The summed E-state index contributed by atoms with van der Waals surface area (Å²) in [6.07, 6.45) is 4.79. The van der Waals surface area contributed by atoms with Crippen LogP contribution in [0, 0.1) is 0 Å². The van der Waals surface area contributed by atoms with Crippen LogP contribution >= 0.6 is 11.3 Å². The molecule has 1 fully saturated rings. The summed E-state index contributed by atoms with van der Waals surface area (Å²) in [7, 11) is 0. The lowest BCUT2D eigenvalue weighted by Gasteiger charge is -2.14. The van der Waals surface area contributed by atoms with Crippen molar-refractivity contribution < 1.29 is 4.52 Å². The van der Waals surface area contributed by atoms with Gasteiger partial charge >= 0.3 is 0 Å². The normalized spacial score (nSPS) is 18.8. The number of pyridine rings is 1. The van der Waals surface area contributed by atoms with Crippen LogP contribution in [0.15, 0.2) is 46.6 Å². The zero-order valence-electron chi connectivity index (χ0n) is 12.1. The second-order valence-corrected chi connectivity index (χ2v) is 6.46. The number of thiophene rings is 1. The van der Waals surface area contributed by atoms with Gasteiger partial charge in [-0.3, -0.25) is 9.88 Å². The molecule has 0 bridgehead atoms. The lowest BCUT2D eigenvalue weighted by atomic mass is 10.1. The Balaban J connectivity index is 1.42. The molecule has 0 spiro atoms. The average molecular weight is 312 g/mol. The zero-order valence-corrected chi connectivity index (χ0v) is 12.9. The van der Waals surface area contributed by atoms with E-state index in [0.717, 1.165) is 36.8 Å². The number of nitrogens with zero attached hydrogens (tertiary/aromatic N) is 4. The maximum absolute atomic E-state index is 5.48. The minimum Gasteiger partial charge on any atom is -0.339 e. The molecule has 0 aliphatic carbocycles. The van der Waals surface area contributed by atoms with Gasteiger partial charge in [-0.2, -0.15) is 4.98 Å². The minimum atomic E-state index is 0.331. The van der Waals surface area contributed by atoms with Crippen LogP contribution in [-0.4, -0.2) is 33.1 Å². The van der Waals surface area contributed by atoms with Crippen molar-refractivity contribution in [3.8, 4) is 10.7 Å². The molecule has 0 aromatic carbocycles. The summed E-state index contributed by atoms with van der Waals surface area (Å²) in [6.45, 7) is 2.94. The molecule has 4 heterocycles. The third-order valence-corrected chi connectivity index (χ3v) is 4.80. The third-order valence-electron chi connectivity index (χ3n) is 3.93. The maximum Gasteiger partial charge on any atom is 0.231 e. The average Bonchev–Trinajstić information content (AvgIpc) is 3.29. The Kier molecular flexibility index (Phi) is 3.70. The monoisotopic (exact) mass is 312 g/mol. The molecule has 1 saturated heterocycles. The van der Waals surface area contributed by atoms with E-state index in [-0.39, 0.29) is 0 Å². The quantitative estimate of drug-likeness (QED) is 0.740. The molecule has 112 valence electrons. The molecule has 1 aliphatic heterocycles. The van der Waals surface area contributed by atoms with E-state index in [2.05, 4.69) is 26.1 Å². The number of likely N-dealkylation sites (tertiary alicyclic amines) is 1. The molecular formula is C16H16N4OS. The summed E-state index contributed by atoms with van der Waals surface area (Å²) in [6, 6.07) is 8.11. The first kappa shape index (κ1) is 13.6. The first-order valence-corrected chi connectivity index (χ1v) is 8.25. The van der Waals surface area contributed by atoms with E-state index in [1.54, 1.807) is 17.5 Å². The van der Waals surface area contributed by atoms with E-state index in [9.17, 15) is 0 Å². The first-order chi connectivity index (χ1) is 10.9. The number of hydrogen-bond donors (Lipinski definition) is 0. The Morgan fingerprint density at radius 1 is 1.32 bits per heavy atom. The molecule has 3 aromatic heterocycles. The lowest BCUT2D eigenvalue weighted by Crippen LogP contribution is -2.19. The van der Waals surface area contributed by atoms with Crippen molar-refractivity contribution in [2.45, 2.75) is 18.9 Å². The van der Waals surface area contributed by atoms with Crippen molar-refractivity contribution in [2.75, 3.05) is 13.1 Å². The summed E-state index contributed by atoms with van der Waals surface area (Å²) >= 11 is 1.63. The van der Waals surface area contributed by atoms with E-state index in [1.807, 2.05) is 29.8 Å². The van der Waals surface area contributed by atoms with Crippen LogP contribution in [0.2, 0.25) is 0 Å². The van der Waals surface area contributed by atoms with Crippen molar-refractivity contribution in [3.63, 3.8) is 0 Å². The largest absolute Gasteiger partial charge is 0.339 e. The Bertz CT molecular complexity index is 726. The molecule has 1 atom stereocenters. The number of rotatable bonds is 4. The lowest BCUT2D eigenvalue weighted by molar-refractivity contribution is 0.309. The van der Waals surface area contributed by atoms with Gasteiger partial charge in [-0.25, -0.2) is 0 Å². The highest BCUT2D eigenvalue weighted by Crippen LogP contribution is 2.29. The van der Waals surface area contributed by atoms with Crippen molar-refractivity contribution >= 4 is 11.3 Å². The van der Waals surface area contributed by atoms with E-state index < -0.39 is 0 Å². The second kappa shape index (κ2) is 5.98. The smallest absolute Gasteiger partial charge is 0.231 e. The molecule has 0 amide bonds. The summed E-state index contributed by atoms with van der Waals surface area (Å²) < 4.78 is 5.48. The van der Waals surface area contributed by atoms with Gasteiger partial charge in [0.25, 0.3) is 0 Å². The molecule has 0 radical (unpaired) electrons. The van der Waals surface area contributed by atoms with Crippen LogP contribution in [-0.2, 0) is 6.54 Å². The van der Waals surface area contributed by atoms with Crippen molar-refractivity contribution in [2.24, 2.45) is 0 Å². The molecule has 1 aliphatic rings. The van der Waals surface area contributed by atoms with Crippen molar-refractivity contribution in [1.82, 2.24) is 20.0 Å². The Hall–Kier alpha value is -2.05. The van der Waals surface area contributed by atoms with Crippen LogP contribution in [0.4, 0.5) is 0 Å².